The molecule has 102 valence electrons. The molecule has 0 saturated carbocycles. The minimum Gasteiger partial charge on any atom is -0.465 e. The number of halogens is 2. The molecule has 19 heavy (non-hydrogen) atoms. The zero-order valence-electron chi connectivity index (χ0n) is 10.6. The van der Waals surface area contributed by atoms with Crippen LogP contribution >= 0.6 is 27.5 Å². The third-order valence-corrected chi connectivity index (χ3v) is 3.87. The molecule has 0 spiro atoms. The summed E-state index contributed by atoms with van der Waals surface area (Å²) >= 11 is 9.36. The largest absolute Gasteiger partial charge is 0.465 e. The lowest BCUT2D eigenvalue weighted by molar-refractivity contribution is -0.117. The molecule has 0 radical (unpaired) electrons. The van der Waals surface area contributed by atoms with Crippen LogP contribution in [0.2, 0.25) is 0 Å². The fraction of sp³-hybridized carbons (Fsp3) is 0.385. The van der Waals surface area contributed by atoms with Gasteiger partial charge in [0.15, 0.2) is 0 Å². The zero-order valence-corrected chi connectivity index (χ0v) is 12.9. The maximum atomic E-state index is 11.9. The van der Waals surface area contributed by atoms with Crippen LogP contribution in [0.15, 0.2) is 16.6 Å². The van der Waals surface area contributed by atoms with Crippen LogP contribution in [0.5, 0.6) is 0 Å². The van der Waals surface area contributed by atoms with E-state index in [4.69, 9.17) is 16.3 Å². The number of benzene rings is 1. The predicted octanol–water partition coefficient (Wildman–Crippen LogP) is 2.89. The van der Waals surface area contributed by atoms with E-state index in [1.165, 1.54) is 7.11 Å². The first-order valence-electron chi connectivity index (χ1n) is 5.77. The molecule has 1 saturated heterocycles. The van der Waals surface area contributed by atoms with Crippen LogP contribution in [-0.4, -0.2) is 30.9 Å². The molecular formula is C13H13BrClNO3. The normalized spacial score (nSPS) is 18.8. The molecule has 1 aromatic carbocycles. The van der Waals surface area contributed by atoms with E-state index in [-0.39, 0.29) is 11.3 Å². The molecule has 0 N–H and O–H groups in total. The van der Waals surface area contributed by atoms with Crippen molar-refractivity contribution in [1.82, 2.24) is 0 Å². The van der Waals surface area contributed by atoms with Crippen molar-refractivity contribution in [2.75, 3.05) is 18.6 Å². The van der Waals surface area contributed by atoms with Crippen molar-refractivity contribution < 1.29 is 14.3 Å². The third-order valence-electron chi connectivity index (χ3n) is 3.12. The Kier molecular flexibility index (Phi) is 4.16. The van der Waals surface area contributed by atoms with Crippen LogP contribution in [0.25, 0.3) is 0 Å². The van der Waals surface area contributed by atoms with Gasteiger partial charge in [0.05, 0.1) is 18.1 Å². The average molecular weight is 347 g/mol. The number of rotatable bonds is 2. The first-order chi connectivity index (χ1) is 8.93. The Bertz CT molecular complexity index is 547. The van der Waals surface area contributed by atoms with E-state index in [2.05, 4.69) is 15.9 Å². The average Bonchev–Trinajstić information content (AvgIpc) is 2.70. The SMILES string of the molecule is COC(=O)c1cc(Br)cc(N2CC(Cl)CC2=O)c1C. The molecule has 1 amide bonds. The maximum absolute atomic E-state index is 11.9. The van der Waals surface area contributed by atoms with Gasteiger partial charge < -0.3 is 9.64 Å². The number of ether oxygens (including phenoxy) is 1. The minimum absolute atomic E-state index is 0.0305. The Labute approximate surface area is 124 Å². The maximum Gasteiger partial charge on any atom is 0.338 e. The minimum atomic E-state index is -0.422. The molecule has 1 atom stereocenters. The first-order valence-corrected chi connectivity index (χ1v) is 7.00. The van der Waals surface area contributed by atoms with Crippen molar-refractivity contribution in [3.05, 3.63) is 27.7 Å². The van der Waals surface area contributed by atoms with E-state index >= 15 is 0 Å². The van der Waals surface area contributed by atoms with Crippen LogP contribution in [-0.2, 0) is 9.53 Å². The van der Waals surface area contributed by atoms with Crippen LogP contribution in [0.1, 0.15) is 22.3 Å². The van der Waals surface area contributed by atoms with Gasteiger partial charge in [0.25, 0.3) is 0 Å². The van der Waals surface area contributed by atoms with Gasteiger partial charge in [0.1, 0.15) is 0 Å². The Morgan fingerprint density at radius 1 is 1.53 bits per heavy atom. The van der Waals surface area contributed by atoms with E-state index in [0.717, 1.165) is 4.47 Å². The van der Waals surface area contributed by atoms with Crippen LogP contribution in [0.3, 0.4) is 0 Å². The smallest absolute Gasteiger partial charge is 0.338 e. The van der Waals surface area contributed by atoms with Gasteiger partial charge in [-0.3, -0.25) is 4.79 Å². The van der Waals surface area contributed by atoms with Gasteiger partial charge in [-0.2, -0.15) is 0 Å². The van der Waals surface area contributed by atoms with Crippen molar-refractivity contribution in [3.8, 4) is 0 Å². The van der Waals surface area contributed by atoms with Crippen molar-refractivity contribution in [1.29, 1.82) is 0 Å². The topological polar surface area (TPSA) is 46.6 Å². The molecule has 6 heteroatoms. The number of amides is 1. The second kappa shape index (κ2) is 5.51. The highest BCUT2D eigenvalue weighted by atomic mass is 79.9. The van der Waals surface area contributed by atoms with E-state index in [1.54, 1.807) is 17.9 Å². The molecule has 1 aliphatic rings. The summed E-state index contributed by atoms with van der Waals surface area (Å²) in [5.74, 6) is -0.453. The van der Waals surface area contributed by atoms with Gasteiger partial charge in [-0.15, -0.1) is 11.6 Å². The Hall–Kier alpha value is -1.07. The number of hydrogen-bond donors (Lipinski definition) is 0. The van der Waals surface area contributed by atoms with Gasteiger partial charge in [0, 0.05) is 23.1 Å². The fourth-order valence-electron chi connectivity index (χ4n) is 2.16. The lowest BCUT2D eigenvalue weighted by atomic mass is 10.1. The number of carbonyl (C=O) groups excluding carboxylic acids is 2. The fourth-order valence-corrected chi connectivity index (χ4v) is 2.88. The first kappa shape index (κ1) is 14.3. The summed E-state index contributed by atoms with van der Waals surface area (Å²) in [6.45, 7) is 2.25. The van der Waals surface area contributed by atoms with Gasteiger partial charge in [0.2, 0.25) is 5.91 Å². The molecular weight excluding hydrogens is 334 g/mol. The number of methoxy groups -OCH3 is 1. The Morgan fingerprint density at radius 3 is 2.74 bits per heavy atom. The second-order valence-corrected chi connectivity index (χ2v) is 5.93. The highest BCUT2D eigenvalue weighted by Gasteiger charge is 2.31. The summed E-state index contributed by atoms with van der Waals surface area (Å²) in [4.78, 5) is 25.3. The molecule has 2 rings (SSSR count). The van der Waals surface area contributed by atoms with Gasteiger partial charge >= 0.3 is 5.97 Å². The van der Waals surface area contributed by atoms with E-state index in [1.807, 2.05) is 6.07 Å². The van der Waals surface area contributed by atoms with E-state index in [0.29, 0.717) is 29.8 Å². The number of alkyl halides is 1. The standard InChI is InChI=1S/C13H13BrClNO3/c1-7-10(13(18)19-2)3-8(14)4-11(7)16-6-9(15)5-12(16)17/h3-4,9H,5-6H2,1-2H3. The number of anilines is 1. The highest BCUT2D eigenvalue weighted by Crippen LogP contribution is 2.32. The molecule has 1 fully saturated rings. The van der Waals surface area contributed by atoms with E-state index in [9.17, 15) is 9.59 Å². The summed E-state index contributed by atoms with van der Waals surface area (Å²) in [6.07, 6.45) is 0.321. The molecule has 0 aliphatic carbocycles. The number of esters is 1. The Balaban J connectivity index is 2.49. The zero-order chi connectivity index (χ0) is 14.2. The molecule has 1 aliphatic heterocycles. The molecule has 0 aromatic heterocycles. The molecule has 0 bridgehead atoms. The Morgan fingerprint density at radius 2 is 2.21 bits per heavy atom. The van der Waals surface area contributed by atoms with Gasteiger partial charge in [-0.05, 0) is 24.6 Å². The van der Waals surface area contributed by atoms with Crippen molar-refractivity contribution in [2.24, 2.45) is 0 Å². The van der Waals surface area contributed by atoms with Crippen LogP contribution < -0.4 is 4.90 Å². The monoisotopic (exact) mass is 345 g/mol. The summed E-state index contributed by atoms with van der Waals surface area (Å²) in [7, 11) is 1.33. The number of hydrogen-bond acceptors (Lipinski definition) is 3. The quantitative estimate of drug-likeness (QED) is 0.611. The third kappa shape index (κ3) is 2.77. The van der Waals surface area contributed by atoms with Gasteiger partial charge in [-0.1, -0.05) is 15.9 Å². The van der Waals surface area contributed by atoms with Crippen molar-refractivity contribution in [3.63, 3.8) is 0 Å². The summed E-state index contributed by atoms with van der Waals surface area (Å²) in [5.41, 5.74) is 1.86. The predicted molar refractivity (Wildman–Crippen MR) is 76.8 cm³/mol. The van der Waals surface area contributed by atoms with E-state index < -0.39 is 5.97 Å². The summed E-state index contributed by atoms with van der Waals surface area (Å²) in [6, 6.07) is 3.50. The van der Waals surface area contributed by atoms with Crippen molar-refractivity contribution >= 4 is 45.1 Å². The molecule has 1 heterocycles. The highest BCUT2D eigenvalue weighted by molar-refractivity contribution is 9.10. The molecule has 4 nitrogen and oxygen atoms in total. The molecule has 1 aromatic rings. The summed E-state index contributed by atoms with van der Waals surface area (Å²) in [5, 5.41) is -0.188. The van der Waals surface area contributed by atoms with Crippen LogP contribution in [0.4, 0.5) is 5.69 Å². The number of carbonyl (C=O) groups is 2. The van der Waals surface area contributed by atoms with Crippen molar-refractivity contribution in [2.45, 2.75) is 18.7 Å². The summed E-state index contributed by atoms with van der Waals surface area (Å²) < 4.78 is 5.47. The molecule has 1 unspecified atom stereocenters. The van der Waals surface area contributed by atoms with Crippen LogP contribution in [0, 0.1) is 6.92 Å². The lowest BCUT2D eigenvalue weighted by Gasteiger charge is -2.20. The van der Waals surface area contributed by atoms with Gasteiger partial charge in [-0.25, -0.2) is 4.79 Å². The lowest BCUT2D eigenvalue weighted by Crippen LogP contribution is -2.26. The second-order valence-electron chi connectivity index (χ2n) is 4.39. The number of nitrogens with zero attached hydrogens (tertiary/aromatic N) is 1.